The number of amides is 1. The molecular formula is C14H23F3N2O. The van der Waals surface area contributed by atoms with E-state index in [0.29, 0.717) is 18.9 Å². The number of halogens is 3. The molecule has 0 radical (unpaired) electrons. The van der Waals surface area contributed by atoms with E-state index in [9.17, 15) is 18.0 Å². The maximum Gasteiger partial charge on any atom is 0.471 e. The minimum Gasteiger partial charge on any atom is -0.335 e. The molecule has 2 rings (SSSR count). The number of nitrogens with zero attached hydrogens (tertiary/aromatic N) is 2. The van der Waals surface area contributed by atoms with Crippen molar-refractivity contribution in [3.63, 3.8) is 0 Å². The van der Waals surface area contributed by atoms with Gasteiger partial charge in [-0.25, -0.2) is 0 Å². The summed E-state index contributed by atoms with van der Waals surface area (Å²) >= 11 is 0. The van der Waals surface area contributed by atoms with Crippen molar-refractivity contribution in [1.82, 2.24) is 9.80 Å². The molecule has 0 saturated carbocycles. The predicted molar refractivity (Wildman–Crippen MR) is 70.2 cm³/mol. The van der Waals surface area contributed by atoms with Crippen LogP contribution in [0.4, 0.5) is 13.2 Å². The number of piperidine rings is 2. The minimum atomic E-state index is -4.73. The Kier molecular flexibility index (Phi) is 4.94. The Morgan fingerprint density at radius 3 is 2.05 bits per heavy atom. The zero-order chi connectivity index (χ0) is 14.8. The van der Waals surface area contributed by atoms with Crippen LogP contribution in [-0.4, -0.2) is 54.1 Å². The number of likely N-dealkylation sites (tertiary alicyclic amines) is 2. The van der Waals surface area contributed by atoms with Crippen LogP contribution in [0, 0.1) is 5.92 Å². The maximum absolute atomic E-state index is 12.4. The third kappa shape index (κ3) is 3.65. The molecule has 0 aromatic carbocycles. The van der Waals surface area contributed by atoms with Gasteiger partial charge in [-0.3, -0.25) is 4.79 Å². The molecule has 6 heteroatoms. The van der Waals surface area contributed by atoms with E-state index in [1.54, 1.807) is 0 Å². The lowest BCUT2D eigenvalue weighted by molar-refractivity contribution is -0.186. The van der Waals surface area contributed by atoms with Gasteiger partial charge >= 0.3 is 12.1 Å². The molecule has 0 bridgehead atoms. The number of carbonyl (C=O) groups excluding carboxylic acids is 1. The van der Waals surface area contributed by atoms with Crippen LogP contribution in [0.15, 0.2) is 0 Å². The standard InChI is InChI=1S/C14H23F3N2O/c1-2-11-3-7-18(8-4-11)12-5-9-19(10-6-12)13(20)14(15,16)17/h11-12H,2-10H2,1H3. The summed E-state index contributed by atoms with van der Waals surface area (Å²) < 4.78 is 37.1. The molecule has 0 N–H and O–H groups in total. The van der Waals surface area contributed by atoms with Crippen molar-refractivity contribution < 1.29 is 18.0 Å². The SMILES string of the molecule is CCC1CCN(C2CCN(C(=O)C(F)(F)F)CC2)CC1. The van der Waals surface area contributed by atoms with Crippen LogP contribution >= 0.6 is 0 Å². The van der Waals surface area contributed by atoms with Gasteiger partial charge in [0.1, 0.15) is 0 Å². The van der Waals surface area contributed by atoms with Crippen LogP contribution in [0.1, 0.15) is 39.0 Å². The topological polar surface area (TPSA) is 23.6 Å². The van der Waals surface area contributed by atoms with Crippen LogP contribution in [-0.2, 0) is 4.79 Å². The van der Waals surface area contributed by atoms with Gasteiger partial charge in [-0.2, -0.15) is 13.2 Å². The number of hydrogen-bond donors (Lipinski definition) is 0. The Balaban J connectivity index is 1.79. The molecule has 3 nitrogen and oxygen atoms in total. The summed E-state index contributed by atoms with van der Waals surface area (Å²) in [6.45, 7) is 4.78. The second kappa shape index (κ2) is 6.33. The average molecular weight is 292 g/mol. The normalized spacial score (nSPS) is 24.1. The summed E-state index contributed by atoms with van der Waals surface area (Å²) in [5.74, 6) is -0.876. The molecule has 2 aliphatic heterocycles. The van der Waals surface area contributed by atoms with Crippen LogP contribution in [0.3, 0.4) is 0 Å². The van der Waals surface area contributed by atoms with Crippen molar-refractivity contribution in [2.75, 3.05) is 26.2 Å². The first-order valence-corrected chi connectivity index (χ1v) is 7.52. The number of hydrogen-bond acceptors (Lipinski definition) is 2. The molecule has 0 aromatic heterocycles. The van der Waals surface area contributed by atoms with Gasteiger partial charge in [-0.15, -0.1) is 0 Å². The summed E-state index contributed by atoms with van der Waals surface area (Å²) in [6.07, 6.45) is 0.201. The van der Waals surface area contributed by atoms with Gasteiger partial charge in [0.25, 0.3) is 0 Å². The van der Waals surface area contributed by atoms with E-state index in [2.05, 4.69) is 11.8 Å². The summed E-state index contributed by atoms with van der Waals surface area (Å²) in [4.78, 5) is 14.5. The van der Waals surface area contributed by atoms with Crippen molar-refractivity contribution in [2.24, 2.45) is 5.92 Å². The molecule has 1 amide bonds. The summed E-state index contributed by atoms with van der Waals surface area (Å²) in [5.41, 5.74) is 0. The van der Waals surface area contributed by atoms with E-state index in [0.717, 1.165) is 23.9 Å². The lowest BCUT2D eigenvalue weighted by Crippen LogP contribution is -2.51. The van der Waals surface area contributed by atoms with Gasteiger partial charge in [0.15, 0.2) is 0 Å². The minimum absolute atomic E-state index is 0.233. The highest BCUT2D eigenvalue weighted by molar-refractivity contribution is 5.81. The summed E-state index contributed by atoms with van der Waals surface area (Å²) in [5, 5.41) is 0. The Morgan fingerprint density at radius 1 is 1.05 bits per heavy atom. The van der Waals surface area contributed by atoms with Crippen LogP contribution in [0.2, 0.25) is 0 Å². The highest BCUT2D eigenvalue weighted by Crippen LogP contribution is 2.27. The van der Waals surface area contributed by atoms with E-state index in [1.807, 2.05) is 0 Å². The van der Waals surface area contributed by atoms with Crippen molar-refractivity contribution in [3.8, 4) is 0 Å². The smallest absolute Gasteiger partial charge is 0.335 e. The summed E-state index contributed by atoms with van der Waals surface area (Å²) in [6, 6.07) is 0.352. The first kappa shape index (κ1) is 15.6. The molecular weight excluding hydrogens is 269 g/mol. The van der Waals surface area contributed by atoms with Gasteiger partial charge in [-0.1, -0.05) is 13.3 Å². The molecule has 116 valence electrons. The second-order valence-corrected chi connectivity index (χ2v) is 5.91. The van der Waals surface area contributed by atoms with E-state index in [1.165, 1.54) is 19.3 Å². The molecule has 20 heavy (non-hydrogen) atoms. The molecule has 0 aromatic rings. The Hall–Kier alpha value is -0.780. The van der Waals surface area contributed by atoms with Crippen LogP contribution < -0.4 is 0 Å². The summed E-state index contributed by atoms with van der Waals surface area (Å²) in [7, 11) is 0. The third-order valence-corrected chi connectivity index (χ3v) is 4.74. The Morgan fingerprint density at radius 2 is 1.60 bits per heavy atom. The number of carbonyl (C=O) groups is 1. The van der Waals surface area contributed by atoms with Gasteiger partial charge in [0.2, 0.25) is 0 Å². The number of alkyl halides is 3. The molecule has 0 spiro atoms. The van der Waals surface area contributed by atoms with Crippen LogP contribution in [0.25, 0.3) is 0 Å². The maximum atomic E-state index is 12.4. The fourth-order valence-electron chi connectivity index (χ4n) is 3.34. The number of rotatable bonds is 2. The van der Waals surface area contributed by atoms with Crippen molar-refractivity contribution in [3.05, 3.63) is 0 Å². The zero-order valence-corrected chi connectivity index (χ0v) is 12.0. The van der Waals surface area contributed by atoms with Gasteiger partial charge < -0.3 is 9.80 Å². The van der Waals surface area contributed by atoms with E-state index >= 15 is 0 Å². The third-order valence-electron chi connectivity index (χ3n) is 4.74. The molecule has 2 aliphatic rings. The second-order valence-electron chi connectivity index (χ2n) is 5.91. The highest BCUT2D eigenvalue weighted by atomic mass is 19.4. The first-order chi connectivity index (χ1) is 9.41. The quantitative estimate of drug-likeness (QED) is 0.781. The van der Waals surface area contributed by atoms with Crippen molar-refractivity contribution in [1.29, 1.82) is 0 Å². The van der Waals surface area contributed by atoms with Crippen molar-refractivity contribution >= 4 is 5.91 Å². The van der Waals surface area contributed by atoms with E-state index in [-0.39, 0.29) is 13.1 Å². The molecule has 0 unspecified atom stereocenters. The van der Waals surface area contributed by atoms with Gasteiger partial charge in [-0.05, 0) is 44.7 Å². The fourth-order valence-corrected chi connectivity index (χ4v) is 3.34. The average Bonchev–Trinajstić information content (AvgIpc) is 2.46. The van der Waals surface area contributed by atoms with Gasteiger partial charge in [0.05, 0.1) is 0 Å². The predicted octanol–water partition coefficient (Wildman–Crippen LogP) is 2.66. The Labute approximate surface area is 118 Å². The fraction of sp³-hybridized carbons (Fsp3) is 0.929. The van der Waals surface area contributed by atoms with Crippen LogP contribution in [0.5, 0.6) is 0 Å². The lowest BCUT2D eigenvalue weighted by Gasteiger charge is -2.41. The molecule has 2 saturated heterocycles. The molecule has 0 atom stereocenters. The monoisotopic (exact) mass is 292 g/mol. The largest absolute Gasteiger partial charge is 0.471 e. The molecule has 0 aliphatic carbocycles. The first-order valence-electron chi connectivity index (χ1n) is 7.52. The lowest BCUT2D eigenvalue weighted by atomic mass is 9.92. The van der Waals surface area contributed by atoms with E-state index < -0.39 is 12.1 Å². The zero-order valence-electron chi connectivity index (χ0n) is 12.0. The van der Waals surface area contributed by atoms with Crippen molar-refractivity contribution in [2.45, 2.75) is 51.2 Å². The highest BCUT2D eigenvalue weighted by Gasteiger charge is 2.43. The Bertz CT molecular complexity index is 330. The van der Waals surface area contributed by atoms with E-state index in [4.69, 9.17) is 0 Å². The molecule has 2 heterocycles. The van der Waals surface area contributed by atoms with Gasteiger partial charge in [0, 0.05) is 19.1 Å². The molecule has 2 fully saturated rings.